The van der Waals surface area contributed by atoms with E-state index in [1.165, 1.54) is 0 Å². The molecule has 0 aliphatic heterocycles. The van der Waals surface area contributed by atoms with Gasteiger partial charge in [0.1, 0.15) is 0 Å². The van der Waals surface area contributed by atoms with E-state index in [0.29, 0.717) is 24.7 Å². The second-order valence-corrected chi connectivity index (χ2v) is 4.91. The van der Waals surface area contributed by atoms with Crippen molar-refractivity contribution >= 4 is 17.5 Å². The molecule has 1 aliphatic carbocycles. The minimum Gasteiger partial charge on any atom is -0.463 e. The normalized spacial score (nSPS) is 22.5. The third-order valence-corrected chi connectivity index (χ3v) is 3.24. The van der Waals surface area contributed by atoms with Gasteiger partial charge in [-0.1, -0.05) is 6.92 Å². The molecule has 0 bridgehead atoms. The minimum absolute atomic E-state index is 0.143. The number of methoxy groups -OCH3 is 1. The second-order valence-electron chi connectivity index (χ2n) is 4.57. The molecule has 7 heteroatoms. The number of anilines is 1. The lowest BCUT2D eigenvalue weighted by atomic mass is 10.2. The summed E-state index contributed by atoms with van der Waals surface area (Å²) in [5, 5.41) is 3.40. The van der Waals surface area contributed by atoms with Gasteiger partial charge in [-0.25, -0.2) is 0 Å². The average molecular weight is 287 g/mol. The van der Waals surface area contributed by atoms with Gasteiger partial charge in [-0.05, 0) is 37.3 Å². The first-order chi connectivity index (χ1) is 9.21. The van der Waals surface area contributed by atoms with Gasteiger partial charge in [0.25, 0.3) is 0 Å². The average Bonchev–Trinajstić information content (AvgIpc) is 2.83. The Morgan fingerprint density at radius 3 is 2.84 bits per heavy atom. The van der Waals surface area contributed by atoms with Gasteiger partial charge in [0.2, 0.25) is 11.2 Å². The Morgan fingerprint density at radius 2 is 2.16 bits per heavy atom. The molecule has 1 N–H and O–H groups in total. The zero-order valence-electron chi connectivity index (χ0n) is 11.2. The lowest BCUT2D eigenvalue weighted by molar-refractivity contribution is 0.108. The van der Waals surface area contributed by atoms with E-state index in [-0.39, 0.29) is 11.3 Å². The first-order valence-corrected chi connectivity index (χ1v) is 6.92. The highest BCUT2D eigenvalue weighted by Crippen LogP contribution is 2.24. The van der Waals surface area contributed by atoms with Crippen molar-refractivity contribution in [3.63, 3.8) is 0 Å². The molecule has 1 heterocycles. The van der Waals surface area contributed by atoms with Gasteiger partial charge in [-0.3, -0.25) is 0 Å². The Kier molecular flexibility index (Phi) is 5.15. The molecule has 1 fully saturated rings. The summed E-state index contributed by atoms with van der Waals surface area (Å²) < 4.78 is 10.7. The molecule has 19 heavy (non-hydrogen) atoms. The van der Waals surface area contributed by atoms with Crippen LogP contribution in [0.5, 0.6) is 6.01 Å². The Bertz CT molecular complexity index is 419. The number of hydrogen-bond donors (Lipinski definition) is 1. The van der Waals surface area contributed by atoms with E-state index < -0.39 is 0 Å². The van der Waals surface area contributed by atoms with Crippen molar-refractivity contribution in [3.05, 3.63) is 5.28 Å². The van der Waals surface area contributed by atoms with E-state index >= 15 is 0 Å². The zero-order valence-corrected chi connectivity index (χ0v) is 12.0. The van der Waals surface area contributed by atoms with Crippen molar-refractivity contribution in [2.24, 2.45) is 0 Å². The zero-order chi connectivity index (χ0) is 13.7. The molecule has 6 nitrogen and oxygen atoms in total. The number of rotatable bonds is 6. The molecule has 0 amide bonds. The Morgan fingerprint density at radius 1 is 1.32 bits per heavy atom. The summed E-state index contributed by atoms with van der Waals surface area (Å²) in [6.07, 6.45) is 4.24. The summed E-state index contributed by atoms with van der Waals surface area (Å²) in [6.45, 7) is 2.58. The van der Waals surface area contributed by atoms with Crippen molar-refractivity contribution in [1.82, 2.24) is 15.0 Å². The smallest absolute Gasteiger partial charge is 0.322 e. The number of nitrogens with zero attached hydrogens (tertiary/aromatic N) is 3. The van der Waals surface area contributed by atoms with Crippen LogP contribution in [0.3, 0.4) is 0 Å². The number of aromatic nitrogens is 3. The molecular weight excluding hydrogens is 268 g/mol. The maximum absolute atomic E-state index is 5.86. The van der Waals surface area contributed by atoms with Crippen molar-refractivity contribution in [3.8, 4) is 6.01 Å². The van der Waals surface area contributed by atoms with Gasteiger partial charge < -0.3 is 14.8 Å². The van der Waals surface area contributed by atoms with E-state index in [0.717, 1.165) is 25.7 Å². The van der Waals surface area contributed by atoms with Crippen LogP contribution >= 0.6 is 11.6 Å². The van der Waals surface area contributed by atoms with Crippen LogP contribution in [0.15, 0.2) is 0 Å². The Labute approximate surface area is 117 Å². The topological polar surface area (TPSA) is 69.2 Å². The van der Waals surface area contributed by atoms with Crippen LogP contribution in [-0.4, -0.2) is 40.8 Å². The molecule has 106 valence electrons. The van der Waals surface area contributed by atoms with Crippen molar-refractivity contribution < 1.29 is 9.47 Å². The van der Waals surface area contributed by atoms with Crippen molar-refractivity contribution in [1.29, 1.82) is 0 Å². The number of ether oxygens (including phenoxy) is 2. The molecule has 0 radical (unpaired) electrons. The monoisotopic (exact) mass is 286 g/mol. The van der Waals surface area contributed by atoms with E-state index in [1.54, 1.807) is 7.11 Å². The Hall–Kier alpha value is -1.14. The fourth-order valence-electron chi connectivity index (χ4n) is 2.12. The number of nitrogens with one attached hydrogen (secondary N) is 1. The van der Waals surface area contributed by atoms with E-state index in [2.05, 4.69) is 20.3 Å². The van der Waals surface area contributed by atoms with Gasteiger partial charge in [-0.15, -0.1) is 0 Å². The van der Waals surface area contributed by atoms with Crippen LogP contribution in [0.2, 0.25) is 5.28 Å². The summed E-state index contributed by atoms with van der Waals surface area (Å²) >= 11 is 5.86. The summed E-state index contributed by atoms with van der Waals surface area (Å²) in [4.78, 5) is 12.2. The molecule has 0 saturated heterocycles. The molecule has 2 unspecified atom stereocenters. The van der Waals surface area contributed by atoms with Crippen molar-refractivity contribution in [2.45, 2.75) is 44.8 Å². The number of halogens is 1. The summed E-state index contributed by atoms with van der Waals surface area (Å²) in [5.41, 5.74) is 0. The predicted octanol–water partition coefficient (Wildman–Crippen LogP) is 2.29. The summed E-state index contributed by atoms with van der Waals surface area (Å²) in [5.74, 6) is 0.466. The highest BCUT2D eigenvalue weighted by atomic mass is 35.5. The highest BCUT2D eigenvalue weighted by Gasteiger charge is 2.25. The lowest BCUT2D eigenvalue weighted by Crippen LogP contribution is -2.19. The summed E-state index contributed by atoms with van der Waals surface area (Å²) in [6, 6.07) is 0.577. The third kappa shape index (κ3) is 4.18. The van der Waals surface area contributed by atoms with Gasteiger partial charge in [0, 0.05) is 13.2 Å². The highest BCUT2D eigenvalue weighted by molar-refractivity contribution is 6.28. The van der Waals surface area contributed by atoms with E-state index in [4.69, 9.17) is 21.1 Å². The fraction of sp³-hybridized carbons (Fsp3) is 0.750. The maximum Gasteiger partial charge on any atom is 0.322 e. The fourth-order valence-corrected chi connectivity index (χ4v) is 2.27. The minimum atomic E-state index is 0.143. The van der Waals surface area contributed by atoms with E-state index in [1.807, 2.05) is 6.92 Å². The van der Waals surface area contributed by atoms with Gasteiger partial charge in [0.05, 0.1) is 12.7 Å². The van der Waals surface area contributed by atoms with Crippen LogP contribution in [-0.2, 0) is 4.74 Å². The molecule has 1 aliphatic rings. The number of hydrogen-bond acceptors (Lipinski definition) is 6. The molecule has 2 rings (SSSR count). The molecular formula is C12H19ClN4O2. The molecule has 0 aromatic carbocycles. The second kappa shape index (κ2) is 6.86. The SMILES string of the molecule is CCCOc1nc(Cl)nc(NC2CCC(OC)C2)n1. The lowest BCUT2D eigenvalue weighted by Gasteiger charge is -2.13. The molecule has 2 atom stereocenters. The molecule has 0 spiro atoms. The summed E-state index contributed by atoms with van der Waals surface area (Å²) in [7, 11) is 1.74. The first-order valence-electron chi connectivity index (χ1n) is 6.55. The molecule has 1 saturated carbocycles. The van der Waals surface area contributed by atoms with Gasteiger partial charge in [0.15, 0.2) is 0 Å². The van der Waals surface area contributed by atoms with Crippen LogP contribution in [0.25, 0.3) is 0 Å². The quantitative estimate of drug-likeness (QED) is 0.865. The third-order valence-electron chi connectivity index (χ3n) is 3.07. The first kappa shape index (κ1) is 14.3. The van der Waals surface area contributed by atoms with Crippen LogP contribution in [0, 0.1) is 0 Å². The molecule has 1 aromatic rings. The standard InChI is InChI=1S/C12H19ClN4O2/c1-3-6-19-12-16-10(13)15-11(17-12)14-8-4-5-9(7-8)18-2/h8-9H,3-7H2,1-2H3,(H,14,15,16,17). The van der Waals surface area contributed by atoms with E-state index in [9.17, 15) is 0 Å². The van der Waals surface area contributed by atoms with Crippen LogP contribution in [0.4, 0.5) is 5.95 Å². The maximum atomic E-state index is 5.86. The van der Waals surface area contributed by atoms with Gasteiger partial charge >= 0.3 is 6.01 Å². The Balaban J connectivity index is 1.97. The van der Waals surface area contributed by atoms with Crippen LogP contribution < -0.4 is 10.1 Å². The molecule has 1 aromatic heterocycles. The predicted molar refractivity (Wildman–Crippen MR) is 72.7 cm³/mol. The van der Waals surface area contributed by atoms with Gasteiger partial charge in [-0.2, -0.15) is 15.0 Å². The van der Waals surface area contributed by atoms with Crippen molar-refractivity contribution in [2.75, 3.05) is 19.0 Å². The largest absolute Gasteiger partial charge is 0.463 e. The van der Waals surface area contributed by atoms with Crippen LogP contribution in [0.1, 0.15) is 32.6 Å².